The zero-order valence-electron chi connectivity index (χ0n) is 9.86. The molecule has 0 aliphatic heterocycles. The molecule has 0 radical (unpaired) electrons. The van der Waals surface area contributed by atoms with E-state index in [2.05, 4.69) is 25.5 Å². The van der Waals surface area contributed by atoms with Crippen molar-refractivity contribution in [2.75, 3.05) is 11.9 Å². The fourth-order valence-corrected chi connectivity index (χ4v) is 2.80. The van der Waals surface area contributed by atoms with Gasteiger partial charge < -0.3 is 4.90 Å². The maximum Gasteiger partial charge on any atom is 0.267 e. The summed E-state index contributed by atoms with van der Waals surface area (Å²) in [5.74, 6) is 0.114. The summed E-state index contributed by atoms with van der Waals surface area (Å²) < 4.78 is 3.84. The van der Waals surface area contributed by atoms with Crippen molar-refractivity contribution in [3.63, 3.8) is 0 Å². The zero-order chi connectivity index (χ0) is 12.3. The number of carbonyl (C=O) groups is 1. The van der Waals surface area contributed by atoms with E-state index in [1.807, 2.05) is 11.8 Å². The van der Waals surface area contributed by atoms with E-state index >= 15 is 0 Å². The van der Waals surface area contributed by atoms with E-state index < -0.39 is 0 Å². The molecule has 4 nitrogen and oxygen atoms in total. The molecule has 0 bridgehead atoms. The van der Waals surface area contributed by atoms with E-state index in [0.29, 0.717) is 10.9 Å². The third-order valence-electron chi connectivity index (χ3n) is 3.15. The lowest BCUT2D eigenvalue weighted by Crippen LogP contribution is -2.44. The van der Waals surface area contributed by atoms with Gasteiger partial charge in [-0.3, -0.25) is 4.79 Å². The monoisotopic (exact) mass is 317 g/mol. The number of alkyl halides is 1. The van der Waals surface area contributed by atoms with Crippen LogP contribution in [0.25, 0.3) is 0 Å². The van der Waals surface area contributed by atoms with Gasteiger partial charge in [0.05, 0.1) is 5.69 Å². The molecule has 0 saturated heterocycles. The lowest BCUT2D eigenvalue weighted by Gasteiger charge is -2.37. The summed E-state index contributed by atoms with van der Waals surface area (Å²) >= 11 is 4.63. The van der Waals surface area contributed by atoms with Crippen LogP contribution in [0.2, 0.25) is 0 Å². The number of hydrogen-bond acceptors (Lipinski definition) is 4. The summed E-state index contributed by atoms with van der Waals surface area (Å²) in [7, 11) is 0. The third-order valence-corrected chi connectivity index (χ3v) is 4.53. The molecular formula is C11H16BrN3OS. The van der Waals surface area contributed by atoms with Crippen LogP contribution in [0.1, 0.15) is 41.0 Å². The van der Waals surface area contributed by atoms with Gasteiger partial charge in [-0.1, -0.05) is 20.4 Å². The van der Waals surface area contributed by atoms with E-state index in [1.165, 1.54) is 18.0 Å². The second-order valence-electron chi connectivity index (χ2n) is 4.31. The largest absolute Gasteiger partial charge is 0.335 e. The predicted molar refractivity (Wildman–Crippen MR) is 71.7 cm³/mol. The van der Waals surface area contributed by atoms with Crippen molar-refractivity contribution >= 4 is 33.4 Å². The Morgan fingerprint density at radius 3 is 2.82 bits per heavy atom. The van der Waals surface area contributed by atoms with Gasteiger partial charge in [-0.15, -0.1) is 5.10 Å². The molecule has 17 heavy (non-hydrogen) atoms. The molecule has 94 valence electrons. The van der Waals surface area contributed by atoms with Gasteiger partial charge in [0, 0.05) is 17.9 Å². The molecule has 1 amide bonds. The van der Waals surface area contributed by atoms with Gasteiger partial charge in [0.2, 0.25) is 0 Å². The molecule has 0 N–H and O–H groups in total. The van der Waals surface area contributed by atoms with Gasteiger partial charge in [-0.2, -0.15) is 0 Å². The Labute approximate surface area is 114 Å². The van der Waals surface area contributed by atoms with Crippen molar-refractivity contribution in [2.24, 2.45) is 0 Å². The number of nitrogens with zero attached hydrogens (tertiary/aromatic N) is 3. The summed E-state index contributed by atoms with van der Waals surface area (Å²) in [6, 6.07) is 0.433. The Hall–Kier alpha value is -0.490. The quantitative estimate of drug-likeness (QED) is 0.784. The fraction of sp³-hybridized carbons (Fsp3) is 0.727. The number of aromatic nitrogens is 2. The number of carbonyl (C=O) groups excluding carboxylic acids is 1. The van der Waals surface area contributed by atoms with Gasteiger partial charge >= 0.3 is 0 Å². The SMILES string of the molecule is Cc1nnsc1C(=O)N(CCCBr)C1CCC1. The first-order valence-corrected chi connectivity index (χ1v) is 7.79. The van der Waals surface area contributed by atoms with Crippen LogP contribution in [0.5, 0.6) is 0 Å². The molecule has 0 spiro atoms. The van der Waals surface area contributed by atoms with Crippen LogP contribution in [0.15, 0.2) is 0 Å². The molecule has 1 aliphatic carbocycles. The molecule has 1 heterocycles. The molecular weight excluding hydrogens is 302 g/mol. The molecule has 0 aromatic carbocycles. The lowest BCUT2D eigenvalue weighted by molar-refractivity contribution is 0.0585. The van der Waals surface area contributed by atoms with Crippen molar-refractivity contribution in [3.05, 3.63) is 10.6 Å². The van der Waals surface area contributed by atoms with Crippen LogP contribution in [-0.2, 0) is 0 Å². The van der Waals surface area contributed by atoms with Crippen molar-refractivity contribution < 1.29 is 4.79 Å². The van der Waals surface area contributed by atoms with E-state index in [9.17, 15) is 4.79 Å². The number of amides is 1. The summed E-state index contributed by atoms with van der Waals surface area (Å²) in [6.07, 6.45) is 4.51. The summed E-state index contributed by atoms with van der Waals surface area (Å²) in [5.41, 5.74) is 0.753. The normalized spacial score (nSPS) is 15.6. The lowest BCUT2D eigenvalue weighted by atomic mass is 9.91. The number of rotatable bonds is 5. The first-order chi connectivity index (χ1) is 8.24. The number of aryl methyl sites for hydroxylation is 1. The van der Waals surface area contributed by atoms with Crippen LogP contribution < -0.4 is 0 Å². The highest BCUT2D eigenvalue weighted by molar-refractivity contribution is 9.09. The van der Waals surface area contributed by atoms with Crippen molar-refractivity contribution in [2.45, 2.75) is 38.6 Å². The second kappa shape index (κ2) is 5.91. The van der Waals surface area contributed by atoms with Crippen molar-refractivity contribution in [1.82, 2.24) is 14.5 Å². The smallest absolute Gasteiger partial charge is 0.267 e. The van der Waals surface area contributed by atoms with Crippen LogP contribution in [0.3, 0.4) is 0 Å². The Balaban J connectivity index is 2.09. The van der Waals surface area contributed by atoms with Gasteiger partial charge in [0.1, 0.15) is 4.88 Å². The molecule has 1 saturated carbocycles. The maximum absolute atomic E-state index is 12.4. The van der Waals surface area contributed by atoms with Crippen LogP contribution >= 0.6 is 27.5 Å². The first kappa shape index (κ1) is 13.0. The minimum atomic E-state index is 0.114. The molecule has 2 rings (SSSR count). The molecule has 0 atom stereocenters. The topological polar surface area (TPSA) is 46.1 Å². The second-order valence-corrected chi connectivity index (χ2v) is 5.86. The Morgan fingerprint density at radius 1 is 1.59 bits per heavy atom. The van der Waals surface area contributed by atoms with Crippen LogP contribution in [0.4, 0.5) is 0 Å². The Kier molecular flexibility index (Phi) is 4.50. The average Bonchev–Trinajstić information content (AvgIpc) is 2.67. The molecule has 1 aromatic heterocycles. The molecule has 1 aromatic rings. The molecule has 1 aliphatic rings. The molecule has 1 fully saturated rings. The summed E-state index contributed by atoms with van der Waals surface area (Å²) in [4.78, 5) is 15.1. The number of hydrogen-bond donors (Lipinski definition) is 0. The van der Waals surface area contributed by atoms with E-state index in [-0.39, 0.29) is 5.91 Å². The molecule has 6 heteroatoms. The van der Waals surface area contributed by atoms with Crippen molar-refractivity contribution in [1.29, 1.82) is 0 Å². The van der Waals surface area contributed by atoms with Crippen LogP contribution in [0, 0.1) is 6.92 Å². The third kappa shape index (κ3) is 2.85. The summed E-state index contributed by atoms with van der Waals surface area (Å²) in [6.45, 7) is 2.67. The highest BCUT2D eigenvalue weighted by atomic mass is 79.9. The minimum Gasteiger partial charge on any atom is -0.335 e. The van der Waals surface area contributed by atoms with E-state index in [0.717, 1.165) is 36.8 Å². The standard InChI is InChI=1S/C11H16BrN3OS/c1-8-10(17-14-13-8)11(16)15(7-3-6-12)9-4-2-5-9/h9H,2-7H2,1H3. The van der Waals surface area contributed by atoms with Gasteiger partial charge in [0.15, 0.2) is 0 Å². The highest BCUT2D eigenvalue weighted by Gasteiger charge is 2.30. The number of halogens is 1. The average molecular weight is 318 g/mol. The highest BCUT2D eigenvalue weighted by Crippen LogP contribution is 2.27. The maximum atomic E-state index is 12.4. The Morgan fingerprint density at radius 2 is 2.35 bits per heavy atom. The predicted octanol–water partition coefficient (Wildman–Crippen LogP) is 2.63. The van der Waals surface area contributed by atoms with Crippen molar-refractivity contribution in [3.8, 4) is 0 Å². The fourth-order valence-electron chi connectivity index (χ4n) is 1.94. The van der Waals surface area contributed by atoms with Gasteiger partial charge in [-0.25, -0.2) is 0 Å². The van der Waals surface area contributed by atoms with Gasteiger partial charge in [0.25, 0.3) is 5.91 Å². The zero-order valence-corrected chi connectivity index (χ0v) is 12.3. The van der Waals surface area contributed by atoms with Crippen LogP contribution in [-0.4, -0.2) is 38.3 Å². The van der Waals surface area contributed by atoms with E-state index in [1.54, 1.807) is 0 Å². The Bertz CT molecular complexity index is 392. The minimum absolute atomic E-state index is 0.114. The van der Waals surface area contributed by atoms with E-state index in [4.69, 9.17) is 0 Å². The molecule has 0 unspecified atom stereocenters. The first-order valence-electron chi connectivity index (χ1n) is 5.90. The summed E-state index contributed by atoms with van der Waals surface area (Å²) in [5, 5.41) is 4.85. The van der Waals surface area contributed by atoms with Gasteiger partial charge in [-0.05, 0) is 44.1 Å².